The number of oxazole rings is 1. The van der Waals surface area contributed by atoms with E-state index >= 15 is 0 Å². The summed E-state index contributed by atoms with van der Waals surface area (Å²) < 4.78 is 13.0. The van der Waals surface area contributed by atoms with Gasteiger partial charge in [0, 0.05) is 28.7 Å². The highest BCUT2D eigenvalue weighted by molar-refractivity contribution is 6.31. The van der Waals surface area contributed by atoms with Gasteiger partial charge in [-0.2, -0.15) is 0 Å². The van der Waals surface area contributed by atoms with Crippen molar-refractivity contribution in [2.75, 3.05) is 7.05 Å². The number of carbonyl (C=O) groups excluding carboxylic acids is 1. The monoisotopic (exact) mass is 465 g/mol. The van der Waals surface area contributed by atoms with E-state index in [9.17, 15) is 9.59 Å². The molecule has 0 atom stereocenters. The van der Waals surface area contributed by atoms with Crippen LogP contribution in [-0.2, 0) is 11.3 Å². The molecule has 0 saturated carbocycles. The Balaban J connectivity index is 2.01. The average Bonchev–Trinajstić information content (AvgIpc) is 3.29. The number of aromatic nitrogens is 2. The highest BCUT2D eigenvalue weighted by atomic mass is 35.5. The van der Waals surface area contributed by atoms with Crippen molar-refractivity contribution in [2.45, 2.75) is 32.9 Å². The van der Waals surface area contributed by atoms with Crippen LogP contribution in [0.1, 0.15) is 26.3 Å². The van der Waals surface area contributed by atoms with Crippen LogP contribution in [0.25, 0.3) is 28.2 Å². The van der Waals surface area contributed by atoms with Gasteiger partial charge in [-0.05, 0) is 51.1 Å². The van der Waals surface area contributed by atoms with E-state index in [0.717, 1.165) is 5.69 Å². The molecule has 0 aliphatic heterocycles. The van der Waals surface area contributed by atoms with Crippen molar-refractivity contribution in [1.29, 1.82) is 0 Å². The van der Waals surface area contributed by atoms with Crippen LogP contribution in [0.3, 0.4) is 0 Å². The maximum absolute atomic E-state index is 13.7. The van der Waals surface area contributed by atoms with Crippen molar-refractivity contribution in [3.63, 3.8) is 0 Å². The van der Waals surface area contributed by atoms with Gasteiger partial charge in [-0.1, -0.05) is 29.8 Å². The number of amides is 1. The summed E-state index contributed by atoms with van der Waals surface area (Å²) in [7, 11) is 1.59. The molecule has 4 rings (SSSR count). The summed E-state index contributed by atoms with van der Waals surface area (Å²) in [6, 6.07) is 14.6. The molecule has 2 aromatic carbocycles. The molecule has 0 fully saturated rings. The van der Waals surface area contributed by atoms with Crippen LogP contribution in [0.4, 0.5) is 4.79 Å². The first-order valence-corrected chi connectivity index (χ1v) is 10.8. The van der Waals surface area contributed by atoms with E-state index in [1.165, 1.54) is 17.4 Å². The van der Waals surface area contributed by atoms with Gasteiger partial charge in [0.15, 0.2) is 5.43 Å². The number of hydrogen-bond donors (Lipinski definition) is 0. The number of para-hydroxylation sites is 1. The Morgan fingerprint density at radius 1 is 1.18 bits per heavy atom. The molecule has 33 heavy (non-hydrogen) atoms. The fourth-order valence-electron chi connectivity index (χ4n) is 3.61. The maximum Gasteiger partial charge on any atom is 0.410 e. The predicted molar refractivity (Wildman–Crippen MR) is 128 cm³/mol. The number of hydrogen-bond acceptors (Lipinski definition) is 5. The van der Waals surface area contributed by atoms with E-state index in [2.05, 4.69) is 4.98 Å². The number of ether oxygens (including phenoxy) is 1. The molecule has 0 unspecified atom stereocenters. The normalized spacial score (nSPS) is 11.5. The molecule has 0 radical (unpaired) electrons. The van der Waals surface area contributed by atoms with E-state index in [4.69, 9.17) is 20.8 Å². The van der Waals surface area contributed by atoms with Crippen LogP contribution in [-0.4, -0.2) is 33.2 Å². The average molecular weight is 466 g/mol. The van der Waals surface area contributed by atoms with Crippen LogP contribution in [0.15, 0.2) is 70.2 Å². The van der Waals surface area contributed by atoms with Gasteiger partial charge in [0.1, 0.15) is 17.6 Å². The standard InChI is InChI=1S/C25H24ClN3O4/c1-25(2,3)33-24(31)28(4)15-19-21(23-27-12-13-32-23)29(17-8-6-5-7-9-17)20-14-16(26)10-11-18(20)22(19)30/h5-14H,15H2,1-4H3. The third-order valence-electron chi connectivity index (χ3n) is 4.98. The summed E-state index contributed by atoms with van der Waals surface area (Å²) >= 11 is 6.31. The molecule has 2 aromatic heterocycles. The molecular weight excluding hydrogens is 442 g/mol. The molecule has 2 heterocycles. The molecule has 0 saturated heterocycles. The third-order valence-corrected chi connectivity index (χ3v) is 5.21. The lowest BCUT2D eigenvalue weighted by Crippen LogP contribution is -2.35. The summed E-state index contributed by atoms with van der Waals surface area (Å²) in [5.74, 6) is 0.255. The van der Waals surface area contributed by atoms with Gasteiger partial charge in [-0.3, -0.25) is 4.79 Å². The summed E-state index contributed by atoms with van der Waals surface area (Å²) in [6.07, 6.45) is 2.42. The fourth-order valence-corrected chi connectivity index (χ4v) is 3.77. The zero-order valence-electron chi connectivity index (χ0n) is 18.8. The van der Waals surface area contributed by atoms with Crippen molar-refractivity contribution < 1.29 is 13.9 Å². The molecular formula is C25H24ClN3O4. The van der Waals surface area contributed by atoms with Crippen LogP contribution in [0.2, 0.25) is 5.02 Å². The summed E-state index contributed by atoms with van der Waals surface area (Å²) in [6.45, 7) is 5.37. The topological polar surface area (TPSA) is 77.6 Å². The lowest BCUT2D eigenvalue weighted by Gasteiger charge is -2.26. The van der Waals surface area contributed by atoms with Crippen molar-refractivity contribution in [3.05, 3.63) is 81.8 Å². The number of rotatable bonds is 4. The van der Waals surface area contributed by atoms with Crippen LogP contribution < -0.4 is 5.43 Å². The minimum atomic E-state index is -0.666. The van der Waals surface area contributed by atoms with Gasteiger partial charge in [-0.15, -0.1) is 0 Å². The van der Waals surface area contributed by atoms with Crippen LogP contribution in [0, 0.1) is 0 Å². The van der Waals surface area contributed by atoms with E-state index in [0.29, 0.717) is 27.2 Å². The lowest BCUT2D eigenvalue weighted by atomic mass is 10.1. The summed E-state index contributed by atoms with van der Waals surface area (Å²) in [5, 5.41) is 0.953. The van der Waals surface area contributed by atoms with Gasteiger partial charge in [-0.25, -0.2) is 9.78 Å². The molecule has 4 aromatic rings. The largest absolute Gasteiger partial charge is 0.444 e. The van der Waals surface area contributed by atoms with Crippen LogP contribution in [0.5, 0.6) is 0 Å². The van der Waals surface area contributed by atoms with Crippen molar-refractivity contribution in [3.8, 4) is 17.3 Å². The molecule has 0 aliphatic carbocycles. The molecule has 7 nitrogen and oxygen atoms in total. The van der Waals surface area contributed by atoms with Crippen molar-refractivity contribution >= 4 is 28.6 Å². The minimum Gasteiger partial charge on any atom is -0.444 e. The van der Waals surface area contributed by atoms with E-state index < -0.39 is 11.7 Å². The first-order chi connectivity index (χ1) is 15.7. The quantitative estimate of drug-likeness (QED) is 0.388. The van der Waals surface area contributed by atoms with Gasteiger partial charge in [0.2, 0.25) is 5.89 Å². The second kappa shape index (κ2) is 8.75. The number of nitrogens with zero attached hydrogens (tertiary/aromatic N) is 3. The number of pyridine rings is 1. The maximum atomic E-state index is 13.7. The van der Waals surface area contributed by atoms with Gasteiger partial charge >= 0.3 is 6.09 Å². The highest BCUT2D eigenvalue weighted by Gasteiger charge is 2.26. The molecule has 1 amide bonds. The van der Waals surface area contributed by atoms with E-state index in [1.807, 2.05) is 34.9 Å². The summed E-state index contributed by atoms with van der Waals surface area (Å²) in [4.78, 5) is 32.0. The lowest BCUT2D eigenvalue weighted by molar-refractivity contribution is 0.0285. The third kappa shape index (κ3) is 4.64. The van der Waals surface area contributed by atoms with Crippen molar-refractivity contribution in [2.24, 2.45) is 0 Å². The SMILES string of the molecule is CN(Cc1c(-c2ncco2)n(-c2ccccc2)c2cc(Cl)ccc2c1=O)C(=O)OC(C)(C)C. The second-order valence-electron chi connectivity index (χ2n) is 8.66. The molecule has 0 spiro atoms. The molecule has 0 aliphatic rings. The van der Waals surface area contributed by atoms with E-state index in [1.54, 1.807) is 46.0 Å². The molecule has 0 bridgehead atoms. The van der Waals surface area contributed by atoms with Gasteiger partial charge in [0.25, 0.3) is 0 Å². The fraction of sp³-hybridized carbons (Fsp3) is 0.240. The zero-order valence-corrected chi connectivity index (χ0v) is 19.6. The molecule has 0 N–H and O–H groups in total. The molecule has 8 heteroatoms. The zero-order chi connectivity index (χ0) is 23.8. The summed E-state index contributed by atoms with van der Waals surface area (Å²) in [5.41, 5.74) is 1.29. The Bertz CT molecular complexity index is 1360. The Morgan fingerprint density at radius 3 is 2.55 bits per heavy atom. The number of benzene rings is 2. The molecule has 170 valence electrons. The predicted octanol–water partition coefficient (Wildman–Crippen LogP) is 5.67. The smallest absolute Gasteiger partial charge is 0.410 e. The Hall–Kier alpha value is -3.58. The van der Waals surface area contributed by atoms with Gasteiger partial charge in [0.05, 0.1) is 18.3 Å². The minimum absolute atomic E-state index is 0.00312. The van der Waals surface area contributed by atoms with Gasteiger partial charge < -0.3 is 18.6 Å². The van der Waals surface area contributed by atoms with Crippen LogP contribution >= 0.6 is 11.6 Å². The number of halogens is 1. The number of fused-ring (bicyclic) bond motifs is 1. The Labute approximate surface area is 196 Å². The van der Waals surface area contributed by atoms with Crippen molar-refractivity contribution in [1.82, 2.24) is 14.5 Å². The van der Waals surface area contributed by atoms with E-state index in [-0.39, 0.29) is 17.9 Å². The Morgan fingerprint density at radius 2 is 1.91 bits per heavy atom. The second-order valence-corrected chi connectivity index (χ2v) is 9.10. The first-order valence-electron chi connectivity index (χ1n) is 10.4. The number of carbonyl (C=O) groups is 1. The first kappa shape index (κ1) is 22.6. The highest BCUT2D eigenvalue weighted by Crippen LogP contribution is 2.31. The Kier molecular flexibility index (Phi) is 5.99.